The summed E-state index contributed by atoms with van der Waals surface area (Å²) in [5.74, 6) is 0.286. The summed E-state index contributed by atoms with van der Waals surface area (Å²) in [6.45, 7) is 4.27. The molecule has 0 bridgehead atoms. The number of carbonyl (C=O) groups is 1. The maximum Gasteiger partial charge on any atom is 0.322 e. The molecule has 0 amide bonds. The first kappa shape index (κ1) is 12.5. The van der Waals surface area contributed by atoms with E-state index >= 15 is 0 Å². The van der Waals surface area contributed by atoms with Crippen molar-refractivity contribution in [2.45, 2.75) is 51.3 Å². The molecule has 1 saturated heterocycles. The maximum atomic E-state index is 11.3. The van der Waals surface area contributed by atoms with E-state index in [2.05, 4.69) is 23.9 Å². The summed E-state index contributed by atoms with van der Waals surface area (Å²) >= 11 is 0. The number of hydrogen-bond acceptors (Lipinski definition) is 4. The van der Waals surface area contributed by atoms with Gasteiger partial charge in [0.25, 0.3) is 0 Å². The highest BCUT2D eigenvalue weighted by Gasteiger charge is 2.31. The third-order valence-corrected chi connectivity index (χ3v) is 2.74. The number of piperidine rings is 1. The highest BCUT2D eigenvalue weighted by atomic mass is 16.5. The Kier molecular flexibility index (Phi) is 4.54. The van der Waals surface area contributed by atoms with Gasteiger partial charge >= 0.3 is 5.97 Å². The van der Waals surface area contributed by atoms with Gasteiger partial charge in [0.15, 0.2) is 0 Å². The lowest BCUT2D eigenvalue weighted by Gasteiger charge is -2.33. The summed E-state index contributed by atoms with van der Waals surface area (Å²) in [5, 5.41) is 12.9. The van der Waals surface area contributed by atoms with E-state index < -0.39 is 0 Å². The fourth-order valence-corrected chi connectivity index (χ4v) is 2.16. The van der Waals surface area contributed by atoms with Crippen molar-refractivity contribution in [2.24, 2.45) is 5.92 Å². The minimum Gasteiger partial charge on any atom is -0.468 e. The largest absolute Gasteiger partial charge is 0.468 e. The van der Waals surface area contributed by atoms with Crippen LogP contribution >= 0.6 is 0 Å². The smallest absolute Gasteiger partial charge is 0.322 e. The number of carbonyl (C=O) groups excluding carboxylic acids is 1. The van der Waals surface area contributed by atoms with Crippen molar-refractivity contribution in [2.75, 3.05) is 7.11 Å². The van der Waals surface area contributed by atoms with E-state index in [0.717, 1.165) is 12.8 Å². The van der Waals surface area contributed by atoms with Crippen LogP contribution in [0.1, 0.15) is 33.1 Å². The Labute approximate surface area is 91.0 Å². The lowest BCUT2D eigenvalue weighted by molar-refractivity contribution is -0.145. The number of nitrogens with one attached hydrogen (secondary N) is 1. The van der Waals surface area contributed by atoms with Crippen molar-refractivity contribution in [3.63, 3.8) is 0 Å². The van der Waals surface area contributed by atoms with E-state index in [9.17, 15) is 9.90 Å². The normalized spacial score (nSPS) is 31.7. The van der Waals surface area contributed by atoms with Crippen LogP contribution in [0, 0.1) is 5.92 Å². The monoisotopic (exact) mass is 215 g/mol. The molecule has 1 aliphatic heterocycles. The SMILES string of the molecule is COC(=O)[C@@H]1C[C@H](O)C[C@H](CC(C)C)N1. The molecule has 1 heterocycles. The Morgan fingerprint density at radius 3 is 2.73 bits per heavy atom. The predicted molar refractivity (Wildman–Crippen MR) is 57.4 cm³/mol. The van der Waals surface area contributed by atoms with Gasteiger partial charge in [0.2, 0.25) is 0 Å². The van der Waals surface area contributed by atoms with Gasteiger partial charge < -0.3 is 15.2 Å². The highest BCUT2D eigenvalue weighted by molar-refractivity contribution is 5.75. The maximum absolute atomic E-state index is 11.3. The van der Waals surface area contributed by atoms with Crippen LogP contribution in [0.3, 0.4) is 0 Å². The van der Waals surface area contributed by atoms with Crippen LogP contribution in [0.5, 0.6) is 0 Å². The summed E-state index contributed by atoms with van der Waals surface area (Å²) < 4.78 is 4.68. The number of rotatable bonds is 3. The fraction of sp³-hybridized carbons (Fsp3) is 0.909. The van der Waals surface area contributed by atoms with Crippen LogP contribution in [-0.2, 0) is 9.53 Å². The standard InChI is InChI=1S/C11H21NO3/c1-7(2)4-8-5-9(13)6-10(12-8)11(14)15-3/h7-10,12-13H,4-6H2,1-3H3/t8-,9+,10-/m0/s1. The van der Waals surface area contributed by atoms with Gasteiger partial charge in [0.1, 0.15) is 6.04 Å². The van der Waals surface area contributed by atoms with Gasteiger partial charge in [-0.3, -0.25) is 4.79 Å². The molecule has 1 rings (SSSR count). The zero-order valence-electron chi connectivity index (χ0n) is 9.69. The van der Waals surface area contributed by atoms with Crippen LogP contribution in [-0.4, -0.2) is 36.4 Å². The molecule has 2 N–H and O–H groups in total. The third kappa shape index (κ3) is 3.80. The topological polar surface area (TPSA) is 58.6 Å². The molecule has 0 aromatic rings. The molecule has 15 heavy (non-hydrogen) atoms. The van der Waals surface area contributed by atoms with E-state index in [1.807, 2.05) is 0 Å². The molecule has 4 nitrogen and oxygen atoms in total. The molecule has 0 aromatic heterocycles. The average Bonchev–Trinajstić information content (AvgIpc) is 2.14. The molecule has 0 aromatic carbocycles. The highest BCUT2D eigenvalue weighted by Crippen LogP contribution is 2.19. The first-order valence-electron chi connectivity index (χ1n) is 5.54. The molecule has 0 spiro atoms. The predicted octanol–water partition coefficient (Wildman–Crippen LogP) is 0.687. The van der Waals surface area contributed by atoms with E-state index in [1.165, 1.54) is 7.11 Å². The minimum atomic E-state index is -0.390. The molecule has 1 aliphatic rings. The summed E-state index contributed by atoms with van der Waals surface area (Å²) in [7, 11) is 1.38. The Hall–Kier alpha value is -0.610. The van der Waals surface area contributed by atoms with Gasteiger partial charge in [-0.05, 0) is 25.2 Å². The van der Waals surface area contributed by atoms with E-state index in [4.69, 9.17) is 0 Å². The Balaban J connectivity index is 2.51. The Morgan fingerprint density at radius 2 is 2.20 bits per heavy atom. The van der Waals surface area contributed by atoms with Crippen LogP contribution in [0.4, 0.5) is 0 Å². The van der Waals surface area contributed by atoms with Crippen LogP contribution < -0.4 is 5.32 Å². The van der Waals surface area contributed by atoms with Crippen LogP contribution in [0.25, 0.3) is 0 Å². The fourth-order valence-electron chi connectivity index (χ4n) is 2.16. The lowest BCUT2D eigenvalue weighted by Crippen LogP contribution is -2.51. The van der Waals surface area contributed by atoms with Crippen molar-refractivity contribution in [1.29, 1.82) is 0 Å². The molecule has 0 unspecified atom stereocenters. The molecular formula is C11H21NO3. The van der Waals surface area contributed by atoms with Gasteiger partial charge in [0, 0.05) is 6.04 Å². The van der Waals surface area contributed by atoms with Gasteiger partial charge in [-0.1, -0.05) is 13.8 Å². The number of aliphatic hydroxyl groups is 1. The zero-order valence-corrected chi connectivity index (χ0v) is 9.69. The van der Waals surface area contributed by atoms with Crippen LogP contribution in [0.2, 0.25) is 0 Å². The minimum absolute atomic E-state index is 0.220. The van der Waals surface area contributed by atoms with E-state index in [0.29, 0.717) is 12.3 Å². The van der Waals surface area contributed by atoms with Crippen molar-refractivity contribution in [3.05, 3.63) is 0 Å². The number of aliphatic hydroxyl groups excluding tert-OH is 1. The van der Waals surface area contributed by atoms with Gasteiger partial charge in [-0.15, -0.1) is 0 Å². The van der Waals surface area contributed by atoms with Crippen molar-refractivity contribution in [1.82, 2.24) is 5.32 Å². The van der Waals surface area contributed by atoms with Gasteiger partial charge in [-0.25, -0.2) is 0 Å². The molecule has 1 fully saturated rings. The van der Waals surface area contributed by atoms with Gasteiger partial charge in [0.05, 0.1) is 13.2 Å². The average molecular weight is 215 g/mol. The second-order valence-electron chi connectivity index (χ2n) is 4.69. The zero-order chi connectivity index (χ0) is 11.4. The van der Waals surface area contributed by atoms with Gasteiger partial charge in [-0.2, -0.15) is 0 Å². The number of hydrogen-bond donors (Lipinski definition) is 2. The molecule has 88 valence electrons. The second kappa shape index (κ2) is 5.47. The van der Waals surface area contributed by atoms with Crippen LogP contribution in [0.15, 0.2) is 0 Å². The van der Waals surface area contributed by atoms with Crippen molar-refractivity contribution in [3.8, 4) is 0 Å². The first-order valence-corrected chi connectivity index (χ1v) is 5.54. The number of esters is 1. The van der Waals surface area contributed by atoms with E-state index in [-0.39, 0.29) is 24.2 Å². The number of ether oxygens (including phenoxy) is 1. The molecular weight excluding hydrogens is 194 g/mol. The summed E-state index contributed by atoms with van der Waals surface area (Å²) in [4.78, 5) is 11.3. The first-order chi connectivity index (χ1) is 7.02. The lowest BCUT2D eigenvalue weighted by atomic mass is 9.91. The number of methoxy groups -OCH3 is 1. The Morgan fingerprint density at radius 1 is 1.53 bits per heavy atom. The van der Waals surface area contributed by atoms with E-state index in [1.54, 1.807) is 0 Å². The molecule has 0 radical (unpaired) electrons. The quantitative estimate of drug-likeness (QED) is 0.680. The molecule has 0 aliphatic carbocycles. The second-order valence-corrected chi connectivity index (χ2v) is 4.69. The summed E-state index contributed by atoms with van der Waals surface area (Å²) in [5.41, 5.74) is 0. The Bertz CT molecular complexity index is 216. The summed E-state index contributed by atoms with van der Waals surface area (Å²) in [6, 6.07) is -0.125. The third-order valence-electron chi connectivity index (χ3n) is 2.74. The molecule has 3 atom stereocenters. The molecule has 0 saturated carbocycles. The van der Waals surface area contributed by atoms with Crippen molar-refractivity contribution >= 4 is 5.97 Å². The summed E-state index contributed by atoms with van der Waals surface area (Å²) in [6.07, 6.45) is 1.77. The molecule has 4 heteroatoms. The van der Waals surface area contributed by atoms with Crippen molar-refractivity contribution < 1.29 is 14.6 Å².